The molecule has 0 unspecified atom stereocenters. The molecule has 0 saturated heterocycles. The Labute approximate surface area is 142 Å². The molecule has 23 heavy (non-hydrogen) atoms. The van der Waals surface area contributed by atoms with E-state index in [1.165, 1.54) is 0 Å². The lowest BCUT2D eigenvalue weighted by Gasteiger charge is -2.01. The molecule has 5 nitrogen and oxygen atoms in total. The Hall–Kier alpha value is -2.18. The van der Waals surface area contributed by atoms with Crippen molar-refractivity contribution in [2.75, 3.05) is 0 Å². The van der Waals surface area contributed by atoms with Gasteiger partial charge in [0.1, 0.15) is 0 Å². The highest BCUT2D eigenvalue weighted by Crippen LogP contribution is 2.20. The van der Waals surface area contributed by atoms with Crippen LogP contribution in [0.1, 0.15) is 17.2 Å². The first-order valence-corrected chi connectivity index (χ1v) is 8.34. The summed E-state index contributed by atoms with van der Waals surface area (Å²) in [6.45, 7) is 0.552. The first-order valence-electron chi connectivity index (χ1n) is 7.08. The number of rotatable bonds is 6. The Kier molecular flexibility index (Phi) is 5.05. The van der Waals surface area contributed by atoms with Crippen LogP contribution in [0.2, 0.25) is 5.02 Å². The van der Waals surface area contributed by atoms with Gasteiger partial charge in [0.05, 0.1) is 6.54 Å². The van der Waals surface area contributed by atoms with E-state index in [4.69, 9.17) is 16.0 Å². The molecule has 0 aliphatic rings. The van der Waals surface area contributed by atoms with E-state index in [1.807, 2.05) is 29.6 Å². The number of aryl methyl sites for hydroxylation is 1. The number of halogens is 1. The van der Waals surface area contributed by atoms with Gasteiger partial charge in [-0.3, -0.25) is 4.79 Å². The third-order valence-corrected chi connectivity index (χ3v) is 4.29. The average Bonchev–Trinajstić information content (AvgIpc) is 3.23. The number of aromatic nitrogens is 2. The van der Waals surface area contributed by atoms with Crippen molar-refractivity contribution in [2.24, 2.45) is 0 Å². The highest BCUT2D eigenvalue weighted by Gasteiger charge is 2.10. The predicted octanol–water partition coefficient (Wildman–Crippen LogP) is 3.70. The van der Waals surface area contributed by atoms with Gasteiger partial charge in [-0.1, -0.05) is 17.7 Å². The minimum Gasteiger partial charge on any atom is -0.421 e. The predicted molar refractivity (Wildman–Crippen MR) is 89.2 cm³/mol. The standard InChI is InChI=1S/C16H14ClN3O2S/c17-12-5-3-11(4-6-12)16-20-19-15(22-16)8-7-14(21)18-10-13-2-1-9-23-13/h1-6,9H,7-8,10H2,(H,18,21). The maximum atomic E-state index is 11.8. The normalized spacial score (nSPS) is 10.7. The Bertz CT molecular complexity index is 769. The highest BCUT2D eigenvalue weighted by molar-refractivity contribution is 7.09. The molecule has 1 N–H and O–H groups in total. The summed E-state index contributed by atoms with van der Waals surface area (Å²) < 4.78 is 5.57. The van der Waals surface area contributed by atoms with E-state index < -0.39 is 0 Å². The van der Waals surface area contributed by atoms with Crippen molar-refractivity contribution in [3.8, 4) is 11.5 Å². The average molecular weight is 348 g/mol. The highest BCUT2D eigenvalue weighted by atomic mass is 35.5. The third-order valence-electron chi connectivity index (χ3n) is 3.16. The second-order valence-electron chi connectivity index (χ2n) is 4.86. The SMILES string of the molecule is O=C(CCc1nnc(-c2ccc(Cl)cc2)o1)NCc1cccs1. The van der Waals surface area contributed by atoms with Gasteiger partial charge in [0, 0.05) is 28.3 Å². The van der Waals surface area contributed by atoms with E-state index in [1.54, 1.807) is 23.5 Å². The van der Waals surface area contributed by atoms with E-state index in [-0.39, 0.29) is 5.91 Å². The van der Waals surface area contributed by atoms with Crippen molar-refractivity contribution < 1.29 is 9.21 Å². The van der Waals surface area contributed by atoms with E-state index in [0.29, 0.717) is 36.2 Å². The molecule has 3 rings (SSSR count). The molecule has 2 aromatic heterocycles. The molecule has 0 saturated carbocycles. The van der Waals surface area contributed by atoms with Crippen LogP contribution in [0.4, 0.5) is 0 Å². The molecule has 0 fully saturated rings. The van der Waals surface area contributed by atoms with E-state index in [2.05, 4.69) is 15.5 Å². The lowest BCUT2D eigenvalue weighted by molar-refractivity contribution is -0.121. The number of thiophene rings is 1. The lowest BCUT2D eigenvalue weighted by Crippen LogP contribution is -2.22. The first kappa shape index (κ1) is 15.7. The summed E-state index contributed by atoms with van der Waals surface area (Å²) in [4.78, 5) is 12.9. The summed E-state index contributed by atoms with van der Waals surface area (Å²) in [5.41, 5.74) is 0.801. The molecule has 7 heteroatoms. The van der Waals surface area contributed by atoms with Crippen LogP contribution in [0.3, 0.4) is 0 Å². The summed E-state index contributed by atoms with van der Waals surface area (Å²) in [7, 11) is 0. The van der Waals surface area contributed by atoms with Crippen LogP contribution in [0.15, 0.2) is 46.2 Å². The molecule has 118 valence electrons. The Morgan fingerprint density at radius 3 is 2.78 bits per heavy atom. The fourth-order valence-electron chi connectivity index (χ4n) is 1.97. The minimum atomic E-state index is -0.0374. The maximum absolute atomic E-state index is 11.8. The van der Waals surface area contributed by atoms with Crippen molar-refractivity contribution in [1.29, 1.82) is 0 Å². The number of benzene rings is 1. The molecule has 1 aromatic carbocycles. The van der Waals surface area contributed by atoms with Gasteiger partial charge in [-0.05, 0) is 35.7 Å². The van der Waals surface area contributed by atoms with Crippen LogP contribution in [0, 0.1) is 0 Å². The molecule has 0 radical (unpaired) electrons. The summed E-state index contributed by atoms with van der Waals surface area (Å²) in [6.07, 6.45) is 0.727. The van der Waals surface area contributed by atoms with Crippen molar-refractivity contribution in [1.82, 2.24) is 15.5 Å². The van der Waals surface area contributed by atoms with Gasteiger partial charge >= 0.3 is 0 Å². The summed E-state index contributed by atoms with van der Waals surface area (Å²) in [6, 6.07) is 11.1. The van der Waals surface area contributed by atoms with Gasteiger partial charge in [0.2, 0.25) is 17.7 Å². The van der Waals surface area contributed by atoms with Crippen molar-refractivity contribution in [3.63, 3.8) is 0 Å². The number of hydrogen-bond donors (Lipinski definition) is 1. The molecule has 0 spiro atoms. The van der Waals surface area contributed by atoms with Gasteiger partial charge in [-0.25, -0.2) is 0 Å². The number of nitrogens with zero attached hydrogens (tertiary/aromatic N) is 2. The van der Waals surface area contributed by atoms with Crippen LogP contribution in [0.25, 0.3) is 11.5 Å². The van der Waals surface area contributed by atoms with E-state index in [0.717, 1.165) is 10.4 Å². The summed E-state index contributed by atoms with van der Waals surface area (Å²) in [5, 5.41) is 13.5. The van der Waals surface area contributed by atoms with Crippen molar-refractivity contribution in [3.05, 3.63) is 57.6 Å². The number of hydrogen-bond acceptors (Lipinski definition) is 5. The number of carbonyl (C=O) groups is 1. The Morgan fingerprint density at radius 2 is 2.04 bits per heavy atom. The number of carbonyl (C=O) groups excluding carboxylic acids is 1. The molecule has 3 aromatic rings. The van der Waals surface area contributed by atoms with Crippen LogP contribution >= 0.6 is 22.9 Å². The quantitative estimate of drug-likeness (QED) is 0.738. The first-order chi connectivity index (χ1) is 11.2. The van der Waals surface area contributed by atoms with Crippen LogP contribution in [0.5, 0.6) is 0 Å². The van der Waals surface area contributed by atoms with E-state index in [9.17, 15) is 4.79 Å². The fraction of sp³-hybridized carbons (Fsp3) is 0.188. The molecule has 1 amide bonds. The van der Waals surface area contributed by atoms with Gasteiger partial charge in [0.15, 0.2) is 0 Å². The van der Waals surface area contributed by atoms with Crippen LogP contribution in [-0.2, 0) is 17.8 Å². The summed E-state index contributed by atoms with van der Waals surface area (Å²) in [5.74, 6) is 0.835. The molecule has 0 aliphatic heterocycles. The zero-order valence-electron chi connectivity index (χ0n) is 12.2. The molecule has 2 heterocycles. The molecular weight excluding hydrogens is 334 g/mol. The Morgan fingerprint density at radius 1 is 1.22 bits per heavy atom. The fourth-order valence-corrected chi connectivity index (χ4v) is 2.74. The minimum absolute atomic E-state index is 0.0374. The van der Waals surface area contributed by atoms with Crippen molar-refractivity contribution in [2.45, 2.75) is 19.4 Å². The van der Waals surface area contributed by atoms with Gasteiger partial charge in [0.25, 0.3) is 0 Å². The number of amides is 1. The number of nitrogens with one attached hydrogen (secondary N) is 1. The van der Waals surface area contributed by atoms with Crippen molar-refractivity contribution >= 4 is 28.8 Å². The van der Waals surface area contributed by atoms with Gasteiger partial charge in [-0.2, -0.15) is 0 Å². The summed E-state index contributed by atoms with van der Waals surface area (Å²) >= 11 is 7.46. The second kappa shape index (κ2) is 7.39. The monoisotopic (exact) mass is 347 g/mol. The zero-order chi connectivity index (χ0) is 16.1. The van der Waals surface area contributed by atoms with Gasteiger partial charge < -0.3 is 9.73 Å². The van der Waals surface area contributed by atoms with E-state index >= 15 is 0 Å². The largest absolute Gasteiger partial charge is 0.421 e. The third kappa shape index (κ3) is 4.40. The maximum Gasteiger partial charge on any atom is 0.247 e. The molecular formula is C16H14ClN3O2S. The molecule has 0 bridgehead atoms. The van der Waals surface area contributed by atoms with Gasteiger partial charge in [-0.15, -0.1) is 21.5 Å². The second-order valence-corrected chi connectivity index (χ2v) is 6.33. The Balaban J connectivity index is 1.50. The van der Waals surface area contributed by atoms with Crippen LogP contribution < -0.4 is 5.32 Å². The van der Waals surface area contributed by atoms with Crippen LogP contribution in [-0.4, -0.2) is 16.1 Å². The lowest BCUT2D eigenvalue weighted by atomic mass is 10.2. The topological polar surface area (TPSA) is 68.0 Å². The molecule has 0 atom stereocenters. The zero-order valence-corrected chi connectivity index (χ0v) is 13.7. The smallest absolute Gasteiger partial charge is 0.247 e. The molecule has 0 aliphatic carbocycles.